The molecular weight excluding hydrogens is 204 g/mol. The first kappa shape index (κ1) is 18.2. The minimum atomic E-state index is -0.0278. The third-order valence-electron chi connectivity index (χ3n) is 2.59. The predicted octanol–water partition coefficient (Wildman–Crippen LogP) is 0.704. The number of hydrogen-bond acceptors (Lipinski definition) is 4. The number of aliphatic hydroxyl groups excluding tert-OH is 2. The SMILES string of the molecule is CC(C)CC(N)CO.CCC(C)C(N)CO. The van der Waals surface area contributed by atoms with Crippen molar-refractivity contribution in [1.82, 2.24) is 0 Å². The van der Waals surface area contributed by atoms with Gasteiger partial charge in [-0.05, 0) is 18.3 Å². The van der Waals surface area contributed by atoms with E-state index in [2.05, 4.69) is 20.8 Å². The molecule has 0 amide bonds. The monoisotopic (exact) mass is 234 g/mol. The highest BCUT2D eigenvalue weighted by atomic mass is 16.3. The van der Waals surface area contributed by atoms with Crippen molar-refractivity contribution < 1.29 is 10.2 Å². The molecule has 3 atom stereocenters. The second-order valence-corrected chi connectivity index (χ2v) is 4.80. The first-order chi connectivity index (χ1) is 7.38. The summed E-state index contributed by atoms with van der Waals surface area (Å²) in [5.74, 6) is 1.04. The van der Waals surface area contributed by atoms with Crippen molar-refractivity contribution in [3.63, 3.8) is 0 Å². The predicted molar refractivity (Wildman–Crippen MR) is 69.0 cm³/mol. The second-order valence-electron chi connectivity index (χ2n) is 4.80. The van der Waals surface area contributed by atoms with Gasteiger partial charge in [-0.2, -0.15) is 0 Å². The Hall–Kier alpha value is -0.160. The summed E-state index contributed by atoms with van der Waals surface area (Å²) in [7, 11) is 0. The van der Waals surface area contributed by atoms with E-state index in [1.807, 2.05) is 6.92 Å². The normalized spacial score (nSPS) is 16.3. The van der Waals surface area contributed by atoms with Crippen LogP contribution in [0.2, 0.25) is 0 Å². The molecule has 16 heavy (non-hydrogen) atoms. The fraction of sp³-hybridized carbons (Fsp3) is 1.00. The minimum absolute atomic E-state index is 0.0185. The first-order valence-electron chi connectivity index (χ1n) is 6.11. The van der Waals surface area contributed by atoms with Crippen LogP contribution >= 0.6 is 0 Å². The van der Waals surface area contributed by atoms with Gasteiger partial charge in [0.1, 0.15) is 0 Å². The van der Waals surface area contributed by atoms with Gasteiger partial charge in [-0.25, -0.2) is 0 Å². The summed E-state index contributed by atoms with van der Waals surface area (Å²) < 4.78 is 0. The highest BCUT2D eigenvalue weighted by molar-refractivity contribution is 4.65. The number of aliphatic hydroxyl groups is 2. The van der Waals surface area contributed by atoms with E-state index in [0.29, 0.717) is 11.8 Å². The molecular formula is C12H30N2O2. The Kier molecular flexibility index (Phi) is 12.9. The Morgan fingerprint density at radius 2 is 1.50 bits per heavy atom. The van der Waals surface area contributed by atoms with Gasteiger partial charge in [-0.1, -0.05) is 34.1 Å². The maximum absolute atomic E-state index is 8.51. The molecule has 0 aromatic carbocycles. The van der Waals surface area contributed by atoms with Gasteiger partial charge in [-0.15, -0.1) is 0 Å². The van der Waals surface area contributed by atoms with Crippen LogP contribution in [0.25, 0.3) is 0 Å². The molecule has 6 N–H and O–H groups in total. The molecule has 0 bridgehead atoms. The molecule has 4 heteroatoms. The lowest BCUT2D eigenvalue weighted by molar-refractivity contribution is 0.230. The van der Waals surface area contributed by atoms with E-state index in [4.69, 9.17) is 21.7 Å². The summed E-state index contributed by atoms with van der Waals surface area (Å²) in [5, 5.41) is 17.0. The average molecular weight is 234 g/mol. The van der Waals surface area contributed by atoms with Crippen molar-refractivity contribution in [2.75, 3.05) is 13.2 Å². The van der Waals surface area contributed by atoms with E-state index in [9.17, 15) is 0 Å². The molecule has 0 aromatic heterocycles. The quantitative estimate of drug-likeness (QED) is 0.544. The second kappa shape index (κ2) is 11.3. The van der Waals surface area contributed by atoms with Crippen molar-refractivity contribution in [2.45, 2.75) is 52.6 Å². The van der Waals surface area contributed by atoms with Crippen LogP contribution in [0.15, 0.2) is 0 Å². The van der Waals surface area contributed by atoms with Crippen molar-refractivity contribution in [1.29, 1.82) is 0 Å². The zero-order valence-corrected chi connectivity index (χ0v) is 11.2. The molecule has 0 radical (unpaired) electrons. The van der Waals surface area contributed by atoms with E-state index in [0.717, 1.165) is 12.8 Å². The largest absolute Gasteiger partial charge is 0.395 e. The van der Waals surface area contributed by atoms with Crippen LogP contribution in [-0.2, 0) is 0 Å². The molecule has 0 spiro atoms. The lowest BCUT2D eigenvalue weighted by Gasteiger charge is -2.14. The van der Waals surface area contributed by atoms with Crippen LogP contribution in [-0.4, -0.2) is 35.5 Å². The number of rotatable bonds is 6. The highest BCUT2D eigenvalue weighted by Gasteiger charge is 2.07. The summed E-state index contributed by atoms with van der Waals surface area (Å²) in [6.45, 7) is 8.51. The van der Waals surface area contributed by atoms with E-state index < -0.39 is 0 Å². The fourth-order valence-electron chi connectivity index (χ4n) is 1.16. The van der Waals surface area contributed by atoms with Crippen LogP contribution in [0.4, 0.5) is 0 Å². The first-order valence-corrected chi connectivity index (χ1v) is 6.11. The number of hydrogen-bond donors (Lipinski definition) is 4. The average Bonchev–Trinajstić information content (AvgIpc) is 2.26. The van der Waals surface area contributed by atoms with E-state index in [1.54, 1.807) is 0 Å². The van der Waals surface area contributed by atoms with Crippen molar-refractivity contribution in [2.24, 2.45) is 23.3 Å². The van der Waals surface area contributed by atoms with Crippen LogP contribution in [0.5, 0.6) is 0 Å². The maximum Gasteiger partial charge on any atom is 0.0585 e. The third kappa shape index (κ3) is 11.9. The molecule has 0 aromatic rings. The molecule has 0 aliphatic carbocycles. The summed E-state index contributed by atoms with van der Waals surface area (Å²) in [6.07, 6.45) is 1.96. The lowest BCUT2D eigenvalue weighted by atomic mass is 10.0. The zero-order chi connectivity index (χ0) is 13.1. The summed E-state index contributed by atoms with van der Waals surface area (Å²) in [6, 6.07) is -0.0463. The molecule has 0 fully saturated rings. The molecule has 0 saturated carbocycles. The molecule has 3 unspecified atom stereocenters. The topological polar surface area (TPSA) is 92.5 Å². The summed E-state index contributed by atoms with van der Waals surface area (Å²) in [4.78, 5) is 0. The summed E-state index contributed by atoms with van der Waals surface area (Å²) >= 11 is 0. The molecule has 0 aliphatic heterocycles. The summed E-state index contributed by atoms with van der Waals surface area (Å²) in [5.41, 5.74) is 10.9. The lowest BCUT2D eigenvalue weighted by Crippen LogP contribution is -2.31. The molecule has 0 heterocycles. The van der Waals surface area contributed by atoms with Gasteiger partial charge in [0.05, 0.1) is 13.2 Å². The van der Waals surface area contributed by atoms with Gasteiger partial charge >= 0.3 is 0 Å². The van der Waals surface area contributed by atoms with Gasteiger partial charge in [0.25, 0.3) is 0 Å². The van der Waals surface area contributed by atoms with E-state index in [1.165, 1.54) is 0 Å². The zero-order valence-electron chi connectivity index (χ0n) is 11.2. The molecule has 0 aliphatic rings. The maximum atomic E-state index is 8.51. The Morgan fingerprint density at radius 3 is 1.62 bits per heavy atom. The smallest absolute Gasteiger partial charge is 0.0585 e. The van der Waals surface area contributed by atoms with Crippen molar-refractivity contribution in [3.8, 4) is 0 Å². The third-order valence-corrected chi connectivity index (χ3v) is 2.59. The van der Waals surface area contributed by atoms with Gasteiger partial charge in [0.15, 0.2) is 0 Å². The molecule has 100 valence electrons. The van der Waals surface area contributed by atoms with Crippen LogP contribution in [0.1, 0.15) is 40.5 Å². The highest BCUT2D eigenvalue weighted by Crippen LogP contribution is 2.03. The standard InChI is InChI=1S/2C6H15NO/c1-5(2)3-6(7)4-8;1-3-5(2)6(7)4-8/h2*5-6,8H,3-4,7H2,1-2H3. The van der Waals surface area contributed by atoms with Gasteiger partial charge in [0.2, 0.25) is 0 Å². The minimum Gasteiger partial charge on any atom is -0.395 e. The van der Waals surface area contributed by atoms with Gasteiger partial charge < -0.3 is 21.7 Å². The Bertz CT molecular complexity index is 135. The van der Waals surface area contributed by atoms with E-state index in [-0.39, 0.29) is 25.3 Å². The van der Waals surface area contributed by atoms with Gasteiger partial charge in [0, 0.05) is 12.1 Å². The van der Waals surface area contributed by atoms with Crippen LogP contribution < -0.4 is 11.5 Å². The van der Waals surface area contributed by atoms with Crippen molar-refractivity contribution in [3.05, 3.63) is 0 Å². The van der Waals surface area contributed by atoms with Crippen LogP contribution in [0.3, 0.4) is 0 Å². The molecule has 0 rings (SSSR count). The van der Waals surface area contributed by atoms with Crippen LogP contribution in [0, 0.1) is 11.8 Å². The van der Waals surface area contributed by atoms with Crippen molar-refractivity contribution >= 4 is 0 Å². The molecule has 0 saturated heterocycles. The van der Waals surface area contributed by atoms with E-state index >= 15 is 0 Å². The Balaban J connectivity index is 0. The van der Waals surface area contributed by atoms with Gasteiger partial charge in [-0.3, -0.25) is 0 Å². The Morgan fingerprint density at radius 1 is 1.00 bits per heavy atom. The molecule has 4 nitrogen and oxygen atoms in total. The Labute approximate surface area is 100 Å². The fourth-order valence-corrected chi connectivity index (χ4v) is 1.16. The number of nitrogens with two attached hydrogens (primary N) is 2.